The Bertz CT molecular complexity index is 808. The van der Waals surface area contributed by atoms with Crippen molar-refractivity contribution in [1.82, 2.24) is 14.8 Å². The van der Waals surface area contributed by atoms with Gasteiger partial charge in [-0.3, -0.25) is 14.6 Å². The highest BCUT2D eigenvalue weighted by Crippen LogP contribution is 2.19. The predicted molar refractivity (Wildman–Crippen MR) is 103 cm³/mol. The zero-order valence-electron chi connectivity index (χ0n) is 15.9. The number of rotatable bonds is 4. The van der Waals surface area contributed by atoms with Gasteiger partial charge in [0.2, 0.25) is 0 Å². The fourth-order valence-corrected chi connectivity index (χ4v) is 3.21. The molecule has 27 heavy (non-hydrogen) atoms. The van der Waals surface area contributed by atoms with E-state index in [0.29, 0.717) is 31.9 Å². The molecule has 1 fully saturated rings. The number of amides is 2. The summed E-state index contributed by atoms with van der Waals surface area (Å²) in [5, 5.41) is 0. The van der Waals surface area contributed by atoms with Crippen LogP contribution in [0.5, 0.6) is 5.75 Å². The highest BCUT2D eigenvalue weighted by molar-refractivity contribution is 5.92. The van der Waals surface area contributed by atoms with E-state index in [1.54, 1.807) is 34.2 Å². The lowest BCUT2D eigenvalue weighted by molar-refractivity contribution is -0.133. The quantitative estimate of drug-likeness (QED) is 0.833. The predicted octanol–water partition coefficient (Wildman–Crippen LogP) is 2.45. The molecule has 1 aromatic carbocycles. The molecule has 1 aliphatic heterocycles. The van der Waals surface area contributed by atoms with Gasteiger partial charge in [-0.1, -0.05) is 23.8 Å². The van der Waals surface area contributed by atoms with Crippen LogP contribution in [-0.2, 0) is 4.79 Å². The first-order chi connectivity index (χ1) is 13.0. The summed E-state index contributed by atoms with van der Waals surface area (Å²) in [6.07, 6.45) is 2.36. The smallest absolute Gasteiger partial charge is 0.272 e. The third-order valence-corrected chi connectivity index (χ3v) is 4.70. The summed E-state index contributed by atoms with van der Waals surface area (Å²) in [5.74, 6) is 0.592. The summed E-state index contributed by atoms with van der Waals surface area (Å²) in [6, 6.07) is 11.2. The Labute approximate surface area is 159 Å². The number of ether oxygens (including phenoxy) is 1. The van der Waals surface area contributed by atoms with Gasteiger partial charge in [0.1, 0.15) is 11.4 Å². The van der Waals surface area contributed by atoms with Crippen LogP contribution in [0.4, 0.5) is 0 Å². The molecule has 2 amide bonds. The first kappa shape index (κ1) is 18.9. The second-order valence-electron chi connectivity index (χ2n) is 6.80. The second kappa shape index (κ2) is 8.66. The fraction of sp³-hybridized carbons (Fsp3) is 0.381. The van der Waals surface area contributed by atoms with E-state index in [1.165, 1.54) is 0 Å². The first-order valence-electron chi connectivity index (χ1n) is 9.23. The lowest BCUT2D eigenvalue weighted by Gasteiger charge is -2.22. The summed E-state index contributed by atoms with van der Waals surface area (Å²) < 4.78 is 5.71. The van der Waals surface area contributed by atoms with E-state index in [0.717, 1.165) is 23.3 Å². The second-order valence-corrected chi connectivity index (χ2v) is 6.80. The van der Waals surface area contributed by atoms with Crippen LogP contribution in [0, 0.1) is 13.8 Å². The average Bonchev–Trinajstić information content (AvgIpc) is 2.93. The van der Waals surface area contributed by atoms with Gasteiger partial charge in [0.25, 0.3) is 11.8 Å². The molecule has 0 aliphatic carbocycles. The topological polar surface area (TPSA) is 62.7 Å². The Kier molecular flexibility index (Phi) is 6.06. The molecule has 0 spiro atoms. The first-order valence-corrected chi connectivity index (χ1v) is 9.23. The highest BCUT2D eigenvalue weighted by Gasteiger charge is 2.23. The Morgan fingerprint density at radius 2 is 1.81 bits per heavy atom. The van der Waals surface area contributed by atoms with Gasteiger partial charge < -0.3 is 14.5 Å². The maximum absolute atomic E-state index is 12.5. The van der Waals surface area contributed by atoms with E-state index in [1.807, 2.05) is 32.0 Å². The van der Waals surface area contributed by atoms with E-state index in [4.69, 9.17) is 4.74 Å². The maximum Gasteiger partial charge on any atom is 0.272 e. The molecular weight excluding hydrogens is 342 g/mol. The number of hydrogen-bond acceptors (Lipinski definition) is 4. The fourth-order valence-electron chi connectivity index (χ4n) is 3.21. The van der Waals surface area contributed by atoms with E-state index >= 15 is 0 Å². The van der Waals surface area contributed by atoms with Crippen LogP contribution in [0.1, 0.15) is 28.0 Å². The van der Waals surface area contributed by atoms with Crippen molar-refractivity contribution in [1.29, 1.82) is 0 Å². The Balaban J connectivity index is 1.54. The number of nitrogens with zero attached hydrogens (tertiary/aromatic N) is 3. The molecule has 0 bridgehead atoms. The van der Waals surface area contributed by atoms with Crippen LogP contribution in [0.15, 0.2) is 42.6 Å². The van der Waals surface area contributed by atoms with Gasteiger partial charge in [-0.05, 0) is 44.0 Å². The third-order valence-electron chi connectivity index (χ3n) is 4.70. The molecule has 1 aromatic heterocycles. The van der Waals surface area contributed by atoms with Crippen molar-refractivity contribution < 1.29 is 14.3 Å². The van der Waals surface area contributed by atoms with E-state index in [2.05, 4.69) is 4.98 Å². The average molecular weight is 367 g/mol. The van der Waals surface area contributed by atoms with Crippen LogP contribution in [-0.4, -0.2) is 59.4 Å². The number of aromatic nitrogens is 1. The van der Waals surface area contributed by atoms with Crippen molar-refractivity contribution in [2.75, 3.05) is 32.8 Å². The number of pyridine rings is 1. The van der Waals surface area contributed by atoms with Gasteiger partial charge in [0, 0.05) is 32.4 Å². The molecule has 142 valence electrons. The molecule has 3 rings (SSSR count). The standard InChI is InChI=1S/C21H25N3O3/c1-16-7-8-19(17(2)14-16)27-15-20(25)23-10-5-11-24(13-12-23)21(26)18-6-3-4-9-22-18/h3-4,6-9,14H,5,10-13,15H2,1-2H3. The number of aryl methyl sites for hydroxylation is 2. The Hall–Kier alpha value is -2.89. The van der Waals surface area contributed by atoms with Gasteiger partial charge in [0.05, 0.1) is 0 Å². The molecule has 0 saturated carbocycles. The van der Waals surface area contributed by atoms with Gasteiger partial charge in [0.15, 0.2) is 6.61 Å². The maximum atomic E-state index is 12.5. The summed E-state index contributed by atoms with van der Waals surface area (Å²) in [7, 11) is 0. The van der Waals surface area contributed by atoms with Crippen molar-refractivity contribution in [3.05, 3.63) is 59.4 Å². The molecule has 0 atom stereocenters. The summed E-state index contributed by atoms with van der Waals surface area (Å²) >= 11 is 0. The molecule has 0 radical (unpaired) electrons. The molecule has 0 unspecified atom stereocenters. The van der Waals surface area contributed by atoms with Crippen LogP contribution in [0.2, 0.25) is 0 Å². The molecule has 6 nitrogen and oxygen atoms in total. The molecule has 0 N–H and O–H groups in total. The lowest BCUT2D eigenvalue weighted by atomic mass is 10.1. The minimum Gasteiger partial charge on any atom is -0.484 e. The molecule has 6 heteroatoms. The number of benzene rings is 1. The Morgan fingerprint density at radius 3 is 2.56 bits per heavy atom. The van der Waals surface area contributed by atoms with E-state index < -0.39 is 0 Å². The minimum absolute atomic E-state index is 0.0120. The lowest BCUT2D eigenvalue weighted by Crippen LogP contribution is -2.39. The van der Waals surface area contributed by atoms with Crippen LogP contribution >= 0.6 is 0 Å². The minimum atomic E-state index is -0.0866. The number of carbonyl (C=O) groups excluding carboxylic acids is 2. The van der Waals surface area contributed by atoms with Crippen molar-refractivity contribution in [2.45, 2.75) is 20.3 Å². The van der Waals surface area contributed by atoms with Crippen molar-refractivity contribution in [2.24, 2.45) is 0 Å². The van der Waals surface area contributed by atoms with Crippen LogP contribution in [0.3, 0.4) is 0 Å². The summed E-state index contributed by atoms with van der Waals surface area (Å²) in [6.45, 7) is 6.27. The molecule has 1 saturated heterocycles. The zero-order valence-corrected chi connectivity index (χ0v) is 15.9. The summed E-state index contributed by atoms with van der Waals surface area (Å²) in [4.78, 5) is 32.7. The SMILES string of the molecule is Cc1ccc(OCC(=O)N2CCCN(C(=O)c3ccccn3)CC2)c(C)c1. The molecular formula is C21H25N3O3. The van der Waals surface area contributed by atoms with Crippen LogP contribution < -0.4 is 4.74 Å². The Morgan fingerprint density at radius 1 is 1.04 bits per heavy atom. The molecule has 2 aromatic rings. The third kappa shape index (κ3) is 4.84. The monoisotopic (exact) mass is 367 g/mol. The van der Waals surface area contributed by atoms with E-state index in [9.17, 15) is 9.59 Å². The summed E-state index contributed by atoms with van der Waals surface area (Å²) in [5.41, 5.74) is 2.62. The van der Waals surface area contributed by atoms with Gasteiger partial charge in [-0.2, -0.15) is 0 Å². The zero-order chi connectivity index (χ0) is 19.2. The van der Waals surface area contributed by atoms with Crippen molar-refractivity contribution in [3.63, 3.8) is 0 Å². The number of hydrogen-bond donors (Lipinski definition) is 0. The van der Waals surface area contributed by atoms with Crippen molar-refractivity contribution >= 4 is 11.8 Å². The van der Waals surface area contributed by atoms with Gasteiger partial charge >= 0.3 is 0 Å². The van der Waals surface area contributed by atoms with Crippen LogP contribution in [0.25, 0.3) is 0 Å². The molecule has 1 aliphatic rings. The van der Waals surface area contributed by atoms with Gasteiger partial charge in [-0.25, -0.2) is 0 Å². The largest absolute Gasteiger partial charge is 0.484 e. The van der Waals surface area contributed by atoms with Gasteiger partial charge in [-0.15, -0.1) is 0 Å². The number of carbonyl (C=O) groups is 2. The molecule has 2 heterocycles. The highest BCUT2D eigenvalue weighted by atomic mass is 16.5. The normalized spacial score (nSPS) is 14.6. The van der Waals surface area contributed by atoms with Crippen molar-refractivity contribution in [3.8, 4) is 5.75 Å². The van der Waals surface area contributed by atoms with E-state index in [-0.39, 0.29) is 18.4 Å².